The van der Waals surface area contributed by atoms with E-state index in [0.717, 1.165) is 5.70 Å². The first kappa shape index (κ1) is 18.6. The van der Waals surface area contributed by atoms with E-state index in [1.54, 1.807) is 28.2 Å². The zero-order valence-electron chi connectivity index (χ0n) is 15.8. The first-order valence-electron chi connectivity index (χ1n) is 9.51. The van der Waals surface area contributed by atoms with Gasteiger partial charge in [0.15, 0.2) is 12.4 Å². The molecule has 0 spiro atoms. The predicted octanol–water partition coefficient (Wildman–Crippen LogP) is 3.22. The number of fused-ring (bicyclic) bond motifs is 1. The Morgan fingerprint density at radius 1 is 1.27 bits per heavy atom. The number of nitrogens with zero attached hydrogens (tertiary/aromatic N) is 3. The fourth-order valence-corrected chi connectivity index (χ4v) is 4.97. The summed E-state index contributed by atoms with van der Waals surface area (Å²) in [4.78, 5) is 29.8. The average Bonchev–Trinajstić information content (AvgIpc) is 3.42. The highest BCUT2D eigenvalue weighted by molar-refractivity contribution is 7.10. The molecule has 3 heterocycles. The summed E-state index contributed by atoms with van der Waals surface area (Å²) >= 11 is 1.66. The molecule has 0 bridgehead atoms. The number of aliphatic carboxylic acids is 1. The number of carboxylic acid groups (broad SMARTS) is 1. The van der Waals surface area contributed by atoms with Crippen LogP contribution in [0.25, 0.3) is 0 Å². The van der Waals surface area contributed by atoms with Gasteiger partial charge in [-0.25, -0.2) is 9.48 Å². The number of para-hydroxylation sites is 1. The molecule has 1 aromatic carbocycles. The molecule has 3 aromatic rings. The summed E-state index contributed by atoms with van der Waals surface area (Å²) in [5.41, 5.74) is 2.15. The van der Waals surface area contributed by atoms with Crippen molar-refractivity contribution in [2.24, 2.45) is 0 Å². The third-order valence-corrected chi connectivity index (χ3v) is 6.41. The number of carbonyl (C=O) groups excluding carboxylic acids is 1. The van der Waals surface area contributed by atoms with Crippen molar-refractivity contribution < 1.29 is 19.4 Å². The first-order valence-corrected chi connectivity index (χ1v) is 10.4. The highest BCUT2D eigenvalue weighted by Crippen LogP contribution is 2.46. The number of anilines is 1. The maximum Gasteiger partial charge on any atom is 0.341 e. The van der Waals surface area contributed by atoms with Crippen LogP contribution in [0.1, 0.15) is 35.2 Å². The van der Waals surface area contributed by atoms with E-state index in [1.165, 1.54) is 11.2 Å². The molecule has 0 fully saturated rings. The van der Waals surface area contributed by atoms with Gasteiger partial charge in [0.2, 0.25) is 5.95 Å². The Labute approximate surface area is 175 Å². The molecule has 0 unspecified atom stereocenters. The summed E-state index contributed by atoms with van der Waals surface area (Å²) < 4.78 is 7.18. The Hall–Kier alpha value is -3.46. The lowest BCUT2D eigenvalue weighted by Gasteiger charge is -2.35. The van der Waals surface area contributed by atoms with Gasteiger partial charge in [-0.3, -0.25) is 4.79 Å². The Morgan fingerprint density at radius 3 is 2.93 bits per heavy atom. The van der Waals surface area contributed by atoms with Crippen molar-refractivity contribution in [3.05, 3.63) is 69.8 Å². The number of benzene rings is 1. The summed E-state index contributed by atoms with van der Waals surface area (Å²) in [5.74, 6) is 0.0578. The van der Waals surface area contributed by atoms with Gasteiger partial charge >= 0.3 is 5.97 Å². The molecule has 2 atom stereocenters. The highest BCUT2D eigenvalue weighted by atomic mass is 32.1. The van der Waals surface area contributed by atoms with E-state index in [0.29, 0.717) is 35.7 Å². The molecule has 0 radical (unpaired) electrons. The molecule has 0 saturated heterocycles. The molecule has 2 aromatic heterocycles. The minimum Gasteiger partial charge on any atom is -0.482 e. The maximum atomic E-state index is 13.3. The van der Waals surface area contributed by atoms with Gasteiger partial charge in [-0.15, -0.1) is 11.3 Å². The van der Waals surface area contributed by atoms with Crippen LogP contribution < -0.4 is 10.1 Å². The number of hydrogen-bond donors (Lipinski definition) is 2. The fraction of sp³-hybridized carbons (Fsp3) is 0.238. The lowest BCUT2D eigenvalue weighted by Crippen LogP contribution is -2.33. The Balaban J connectivity index is 1.60. The second kappa shape index (κ2) is 7.42. The molecule has 152 valence electrons. The molecule has 5 rings (SSSR count). The van der Waals surface area contributed by atoms with Gasteiger partial charge in [0.25, 0.3) is 0 Å². The fourth-order valence-electron chi connectivity index (χ4n) is 4.14. The quantitative estimate of drug-likeness (QED) is 0.650. The molecule has 0 saturated carbocycles. The second-order valence-corrected chi connectivity index (χ2v) is 8.19. The number of carboxylic acids is 1. The van der Waals surface area contributed by atoms with Gasteiger partial charge in [-0.1, -0.05) is 24.3 Å². The number of carbonyl (C=O) groups is 2. The van der Waals surface area contributed by atoms with Crippen molar-refractivity contribution in [1.29, 1.82) is 0 Å². The zero-order valence-corrected chi connectivity index (χ0v) is 16.6. The summed E-state index contributed by atoms with van der Waals surface area (Å²) in [6, 6.07) is 10.7. The third-order valence-electron chi connectivity index (χ3n) is 5.37. The Kier molecular flexibility index (Phi) is 4.59. The van der Waals surface area contributed by atoms with Crippen molar-refractivity contribution in [3.8, 4) is 5.75 Å². The molecule has 30 heavy (non-hydrogen) atoms. The summed E-state index contributed by atoms with van der Waals surface area (Å²) in [5, 5.41) is 18.7. The van der Waals surface area contributed by atoms with Crippen LogP contribution in [0.5, 0.6) is 5.75 Å². The number of ketones is 1. The molecule has 1 aliphatic carbocycles. The average molecular weight is 422 g/mol. The van der Waals surface area contributed by atoms with Crippen molar-refractivity contribution >= 4 is 29.0 Å². The second-order valence-electron chi connectivity index (χ2n) is 7.21. The molecule has 2 N–H and O–H groups in total. The summed E-state index contributed by atoms with van der Waals surface area (Å²) in [7, 11) is 0. The number of ether oxygens (including phenoxy) is 1. The number of thiophene rings is 1. The highest BCUT2D eigenvalue weighted by Gasteiger charge is 2.40. The molecule has 8 nitrogen and oxygen atoms in total. The van der Waals surface area contributed by atoms with Gasteiger partial charge in [-0.05, 0) is 23.9 Å². The molecule has 0 amide bonds. The van der Waals surface area contributed by atoms with E-state index in [1.807, 2.05) is 23.6 Å². The number of hydrogen-bond acceptors (Lipinski definition) is 7. The van der Waals surface area contributed by atoms with Crippen molar-refractivity contribution in [2.75, 3.05) is 11.9 Å². The summed E-state index contributed by atoms with van der Waals surface area (Å²) in [6.07, 6.45) is 2.55. The lowest BCUT2D eigenvalue weighted by atomic mass is 9.80. The summed E-state index contributed by atoms with van der Waals surface area (Å²) in [6.45, 7) is -0.466. The smallest absolute Gasteiger partial charge is 0.341 e. The van der Waals surface area contributed by atoms with Crippen LogP contribution in [0.2, 0.25) is 0 Å². The largest absolute Gasteiger partial charge is 0.482 e. The Bertz CT molecular complexity index is 1150. The molecule has 9 heteroatoms. The van der Waals surface area contributed by atoms with Gasteiger partial charge in [0.1, 0.15) is 18.1 Å². The van der Waals surface area contributed by atoms with Crippen LogP contribution in [-0.4, -0.2) is 38.2 Å². The van der Waals surface area contributed by atoms with E-state index in [2.05, 4.69) is 21.5 Å². The molecule has 1 aliphatic heterocycles. The predicted molar refractivity (Wildman–Crippen MR) is 110 cm³/mol. The van der Waals surface area contributed by atoms with Crippen LogP contribution in [0.4, 0.5) is 5.95 Å². The van der Waals surface area contributed by atoms with Crippen LogP contribution in [0.15, 0.2) is 59.4 Å². The normalized spacial score (nSPS) is 20.3. The number of allylic oxidation sites excluding steroid dienone is 2. The van der Waals surface area contributed by atoms with Crippen molar-refractivity contribution in [1.82, 2.24) is 14.8 Å². The molecular weight excluding hydrogens is 404 g/mol. The lowest BCUT2D eigenvalue weighted by molar-refractivity contribution is -0.139. The van der Waals surface area contributed by atoms with Crippen LogP contribution in [0, 0.1) is 0 Å². The van der Waals surface area contributed by atoms with Crippen molar-refractivity contribution in [3.63, 3.8) is 0 Å². The van der Waals surface area contributed by atoms with Crippen molar-refractivity contribution in [2.45, 2.75) is 24.8 Å². The first-order chi connectivity index (χ1) is 14.6. The number of rotatable bonds is 5. The van der Waals surface area contributed by atoms with E-state index >= 15 is 0 Å². The maximum absolute atomic E-state index is 13.3. The van der Waals surface area contributed by atoms with Gasteiger partial charge in [0.05, 0.1) is 0 Å². The van der Waals surface area contributed by atoms with Crippen LogP contribution in [0.3, 0.4) is 0 Å². The number of nitrogens with one attached hydrogen (secondary N) is 1. The minimum absolute atomic E-state index is 0.0429. The van der Waals surface area contributed by atoms with E-state index in [-0.39, 0.29) is 11.7 Å². The molecular formula is C21H18N4O4S. The van der Waals surface area contributed by atoms with Gasteiger partial charge < -0.3 is 15.2 Å². The van der Waals surface area contributed by atoms with Crippen LogP contribution in [-0.2, 0) is 9.59 Å². The third kappa shape index (κ3) is 3.17. The van der Waals surface area contributed by atoms with E-state index in [4.69, 9.17) is 9.84 Å². The number of Topliss-reactive ketones (excluding diaryl/α,β-unsaturated/α-hetero) is 1. The zero-order chi connectivity index (χ0) is 20.7. The standard InChI is InChI=1S/C21H18N4O4S/c26-15-9-12(17-6-3-7-30-17)8-14-19(15)20(25-21(24-14)22-11-23-25)13-4-1-2-5-16(13)29-10-18(27)28/h1-7,11-12,20H,8-10H2,(H,27,28)(H,22,23,24)/t12-,20+/m1/s1. The van der Waals surface area contributed by atoms with Crippen LogP contribution >= 0.6 is 11.3 Å². The SMILES string of the molecule is O=C(O)COc1ccccc1[C@H]1C2=C(C[C@@H](c3cccs3)CC2=O)Nc2ncnn21. The number of aromatic nitrogens is 3. The van der Waals surface area contributed by atoms with Gasteiger partial charge in [-0.2, -0.15) is 10.1 Å². The van der Waals surface area contributed by atoms with E-state index in [9.17, 15) is 9.59 Å². The Morgan fingerprint density at radius 2 is 2.13 bits per heavy atom. The minimum atomic E-state index is -1.07. The van der Waals surface area contributed by atoms with Gasteiger partial charge in [0, 0.05) is 34.0 Å². The topological polar surface area (TPSA) is 106 Å². The monoisotopic (exact) mass is 422 g/mol. The van der Waals surface area contributed by atoms with E-state index < -0.39 is 18.6 Å². The molecule has 2 aliphatic rings.